The molecule has 1 amide bonds. The number of anilines is 4. The summed E-state index contributed by atoms with van der Waals surface area (Å²) in [6.07, 6.45) is 3.80. The largest absolute Gasteiger partial charge is 0.380 e. The number of halogens is 2. The van der Waals surface area contributed by atoms with E-state index in [9.17, 15) is 13.6 Å². The van der Waals surface area contributed by atoms with Crippen molar-refractivity contribution in [1.29, 1.82) is 0 Å². The molecule has 2 heterocycles. The van der Waals surface area contributed by atoms with Gasteiger partial charge in [0, 0.05) is 60.9 Å². The zero-order valence-corrected chi connectivity index (χ0v) is 19.4. The van der Waals surface area contributed by atoms with Gasteiger partial charge in [0.05, 0.1) is 11.3 Å². The van der Waals surface area contributed by atoms with Crippen molar-refractivity contribution in [2.45, 2.75) is 37.9 Å². The lowest BCUT2D eigenvalue weighted by atomic mass is 10.1. The number of aromatic nitrogens is 1. The highest BCUT2D eigenvalue weighted by molar-refractivity contribution is 5.98. The summed E-state index contributed by atoms with van der Waals surface area (Å²) in [4.78, 5) is 18.6. The predicted molar refractivity (Wildman–Crippen MR) is 133 cm³/mol. The van der Waals surface area contributed by atoms with Gasteiger partial charge in [0.25, 0.3) is 5.91 Å². The topological polar surface area (TPSA) is 95.3 Å². The molecular weight excluding hydrogens is 450 g/mol. The van der Waals surface area contributed by atoms with Gasteiger partial charge in [-0.25, -0.2) is 13.8 Å². The molecule has 5 rings (SSSR count). The fourth-order valence-corrected chi connectivity index (χ4v) is 4.73. The molecule has 1 saturated heterocycles. The summed E-state index contributed by atoms with van der Waals surface area (Å²) in [7, 11) is 0. The molecule has 1 aliphatic heterocycles. The number of nitrogens with two attached hydrogens (primary N) is 1. The van der Waals surface area contributed by atoms with Crippen molar-refractivity contribution in [3.05, 3.63) is 77.5 Å². The Balaban J connectivity index is 1.34. The Morgan fingerprint density at radius 2 is 1.97 bits per heavy atom. The summed E-state index contributed by atoms with van der Waals surface area (Å²) in [5, 5.41) is 10.1. The second-order valence-electron chi connectivity index (χ2n) is 9.49. The minimum Gasteiger partial charge on any atom is -0.380 e. The number of primary amides is 1. The first-order valence-electron chi connectivity index (χ1n) is 11.7. The Morgan fingerprint density at radius 3 is 2.69 bits per heavy atom. The number of pyridine rings is 1. The number of rotatable bonds is 7. The third kappa shape index (κ3) is 5.35. The van der Waals surface area contributed by atoms with E-state index in [0.29, 0.717) is 23.1 Å². The Labute approximate surface area is 202 Å². The molecule has 9 heteroatoms. The molecule has 1 aromatic heterocycles. The van der Waals surface area contributed by atoms with Crippen molar-refractivity contribution in [3.8, 4) is 0 Å². The number of carbonyl (C=O) groups excluding carboxylic acids is 1. The van der Waals surface area contributed by atoms with Crippen LogP contribution < -0.4 is 26.6 Å². The van der Waals surface area contributed by atoms with Gasteiger partial charge >= 0.3 is 0 Å². The second kappa shape index (κ2) is 9.14. The molecule has 35 heavy (non-hydrogen) atoms. The summed E-state index contributed by atoms with van der Waals surface area (Å²) in [6.45, 7) is 4.24. The molecule has 182 valence electrons. The summed E-state index contributed by atoms with van der Waals surface area (Å²) < 4.78 is 27.1. The van der Waals surface area contributed by atoms with E-state index < -0.39 is 17.5 Å². The van der Waals surface area contributed by atoms with E-state index in [-0.39, 0.29) is 17.6 Å². The van der Waals surface area contributed by atoms with Crippen molar-refractivity contribution in [3.63, 3.8) is 0 Å². The molecule has 0 bridgehead atoms. The van der Waals surface area contributed by atoms with E-state index >= 15 is 0 Å². The molecule has 3 aromatic rings. The molecule has 1 aliphatic carbocycles. The van der Waals surface area contributed by atoms with Gasteiger partial charge in [-0.15, -0.1) is 0 Å². The van der Waals surface area contributed by atoms with Crippen LogP contribution in [0, 0.1) is 11.6 Å². The maximum Gasteiger partial charge on any atom is 0.252 e. The number of nitrogens with zero attached hydrogens (tertiary/aromatic N) is 2. The first-order chi connectivity index (χ1) is 16.8. The van der Waals surface area contributed by atoms with Crippen LogP contribution in [0.25, 0.3) is 0 Å². The summed E-state index contributed by atoms with van der Waals surface area (Å²) in [5.41, 5.74) is 8.75. The molecule has 2 aliphatic rings. The van der Waals surface area contributed by atoms with Gasteiger partial charge in [-0.1, -0.05) is 6.07 Å². The van der Waals surface area contributed by atoms with Gasteiger partial charge in [0.15, 0.2) is 0 Å². The van der Waals surface area contributed by atoms with Crippen molar-refractivity contribution < 1.29 is 13.6 Å². The highest BCUT2D eigenvalue weighted by Crippen LogP contribution is 2.40. The minimum atomic E-state index is -0.666. The quantitative estimate of drug-likeness (QED) is 0.408. The van der Waals surface area contributed by atoms with Gasteiger partial charge in [-0.3, -0.25) is 4.79 Å². The fourth-order valence-electron chi connectivity index (χ4n) is 4.73. The Kier molecular flexibility index (Phi) is 6.02. The highest BCUT2D eigenvalue weighted by Gasteiger charge is 2.47. The van der Waals surface area contributed by atoms with Crippen LogP contribution in [0.1, 0.15) is 35.7 Å². The number of hydrogen-bond acceptors (Lipinski definition) is 6. The molecule has 0 radical (unpaired) electrons. The van der Waals surface area contributed by atoms with E-state index in [0.717, 1.165) is 30.5 Å². The third-order valence-electron chi connectivity index (χ3n) is 6.45. The first kappa shape index (κ1) is 23.0. The average molecular weight is 479 g/mol. The third-order valence-corrected chi connectivity index (χ3v) is 6.45. The second-order valence-corrected chi connectivity index (χ2v) is 9.49. The van der Waals surface area contributed by atoms with E-state index in [4.69, 9.17) is 5.73 Å². The van der Waals surface area contributed by atoms with Crippen LogP contribution in [0.5, 0.6) is 0 Å². The van der Waals surface area contributed by atoms with E-state index in [2.05, 4.69) is 44.9 Å². The molecule has 1 spiro atoms. The molecular formula is C26H28F2N6O. The highest BCUT2D eigenvalue weighted by atomic mass is 19.1. The predicted octanol–water partition coefficient (Wildman–Crippen LogP) is 4.15. The van der Waals surface area contributed by atoms with Gasteiger partial charge in [0.2, 0.25) is 0 Å². The lowest BCUT2D eigenvalue weighted by molar-refractivity contribution is 0.100. The Bertz CT molecular complexity index is 1240. The molecule has 1 saturated carbocycles. The van der Waals surface area contributed by atoms with Crippen LogP contribution in [0.2, 0.25) is 0 Å². The SMILES string of the molecule is C[C@@H]1CN(c2cccc(Nc3cc(NCc4cc(F)cc(F)c4)c(C(N)=O)cn3)c2)CC2(CC2)N1. The first-order valence-corrected chi connectivity index (χ1v) is 11.7. The van der Waals surface area contributed by atoms with Gasteiger partial charge in [0.1, 0.15) is 17.5 Å². The minimum absolute atomic E-state index is 0.108. The molecule has 5 N–H and O–H groups in total. The van der Waals surface area contributed by atoms with Crippen LogP contribution in [0.15, 0.2) is 54.7 Å². The van der Waals surface area contributed by atoms with Crippen LogP contribution in [0.4, 0.5) is 31.7 Å². The van der Waals surface area contributed by atoms with Crippen LogP contribution >= 0.6 is 0 Å². The van der Waals surface area contributed by atoms with Crippen LogP contribution in [-0.2, 0) is 6.54 Å². The van der Waals surface area contributed by atoms with Gasteiger partial charge in [-0.2, -0.15) is 0 Å². The number of hydrogen-bond donors (Lipinski definition) is 4. The number of amides is 1. The summed E-state index contributed by atoms with van der Waals surface area (Å²) in [5.74, 6) is -1.48. The van der Waals surface area contributed by atoms with Crippen molar-refractivity contribution in [2.75, 3.05) is 28.6 Å². The maximum absolute atomic E-state index is 13.5. The molecule has 2 fully saturated rings. The van der Waals surface area contributed by atoms with Gasteiger partial charge < -0.3 is 26.6 Å². The zero-order chi connectivity index (χ0) is 24.6. The number of nitrogens with one attached hydrogen (secondary N) is 3. The van der Waals surface area contributed by atoms with Crippen LogP contribution in [0.3, 0.4) is 0 Å². The molecule has 0 unspecified atom stereocenters. The number of carbonyl (C=O) groups is 1. The van der Waals surface area contributed by atoms with Crippen molar-refractivity contribution in [1.82, 2.24) is 10.3 Å². The monoisotopic (exact) mass is 478 g/mol. The maximum atomic E-state index is 13.5. The normalized spacial score (nSPS) is 18.4. The number of piperazine rings is 1. The van der Waals surface area contributed by atoms with Crippen molar-refractivity contribution >= 4 is 28.8 Å². The molecule has 2 aromatic carbocycles. The Morgan fingerprint density at radius 1 is 1.20 bits per heavy atom. The smallest absolute Gasteiger partial charge is 0.252 e. The zero-order valence-electron chi connectivity index (χ0n) is 19.4. The summed E-state index contributed by atoms with van der Waals surface area (Å²) >= 11 is 0. The van der Waals surface area contributed by atoms with E-state index in [1.807, 2.05) is 12.1 Å². The lowest BCUT2D eigenvalue weighted by Gasteiger charge is -2.39. The van der Waals surface area contributed by atoms with Gasteiger partial charge in [-0.05, 0) is 55.7 Å². The lowest BCUT2D eigenvalue weighted by Crippen LogP contribution is -2.57. The summed E-state index contributed by atoms with van der Waals surface area (Å²) in [6, 6.07) is 13.5. The number of benzene rings is 2. The van der Waals surface area contributed by atoms with Crippen LogP contribution in [-0.4, -0.2) is 35.6 Å². The Hall–Kier alpha value is -3.72. The molecule has 1 atom stereocenters. The van der Waals surface area contributed by atoms with E-state index in [1.54, 1.807) is 6.07 Å². The van der Waals surface area contributed by atoms with Crippen molar-refractivity contribution in [2.24, 2.45) is 5.73 Å². The average Bonchev–Trinajstić information content (AvgIpc) is 3.54. The molecule has 7 nitrogen and oxygen atoms in total. The fraction of sp³-hybridized carbons (Fsp3) is 0.308. The van der Waals surface area contributed by atoms with E-state index in [1.165, 1.54) is 31.2 Å². The standard InChI is InChI=1S/C26H28F2N6O/c1-16-14-34(15-26(33-16)5-6-26)21-4-2-3-20(10-21)32-24-11-23(22(13-31-24)25(29)35)30-12-17-7-18(27)9-19(28)8-17/h2-4,7-11,13,16,33H,5-6,12,14-15H2,1H3,(H2,29,35)(H2,30,31,32)/t16-/m1/s1.